The van der Waals surface area contributed by atoms with E-state index in [1.165, 1.54) is 0 Å². The van der Waals surface area contributed by atoms with Crippen LogP contribution in [-0.2, 0) is 4.79 Å². The zero-order valence-electron chi connectivity index (χ0n) is 13.3. The van der Waals surface area contributed by atoms with Gasteiger partial charge in [0.25, 0.3) is 0 Å². The molecule has 0 saturated carbocycles. The van der Waals surface area contributed by atoms with Crippen LogP contribution in [0.3, 0.4) is 0 Å². The Labute approximate surface area is 139 Å². The van der Waals surface area contributed by atoms with Crippen LogP contribution in [0.25, 0.3) is 10.9 Å². The molecule has 1 atom stereocenters. The highest BCUT2D eigenvalue weighted by molar-refractivity contribution is 5.95. The molecular weight excluding hydrogens is 302 g/mol. The fourth-order valence-corrected chi connectivity index (χ4v) is 3.20. The summed E-state index contributed by atoms with van der Waals surface area (Å²) in [6.07, 6.45) is 7.22. The van der Waals surface area contributed by atoms with E-state index < -0.39 is 0 Å². The summed E-state index contributed by atoms with van der Waals surface area (Å²) in [6, 6.07) is 9.73. The first-order valence-corrected chi connectivity index (χ1v) is 8.19. The third-order valence-corrected chi connectivity index (χ3v) is 4.45. The topological polar surface area (TPSA) is 73.9 Å². The predicted octanol–water partition coefficient (Wildman–Crippen LogP) is 2.81. The quantitative estimate of drug-likeness (QED) is 0.778. The molecule has 24 heavy (non-hydrogen) atoms. The average Bonchev–Trinajstić information content (AvgIpc) is 3.10. The Kier molecular flexibility index (Phi) is 3.86. The lowest BCUT2D eigenvalue weighted by atomic mass is 9.97. The molecule has 2 aromatic heterocycles. The van der Waals surface area contributed by atoms with E-state index in [4.69, 9.17) is 0 Å². The number of carbonyl (C=O) groups is 1. The molecule has 122 valence electrons. The Morgan fingerprint density at radius 2 is 2.12 bits per heavy atom. The maximum Gasteiger partial charge on any atom is 0.229 e. The monoisotopic (exact) mass is 321 g/mol. The van der Waals surface area contributed by atoms with Crippen molar-refractivity contribution in [2.45, 2.75) is 12.8 Å². The van der Waals surface area contributed by atoms with E-state index in [1.54, 1.807) is 18.5 Å². The largest absolute Gasteiger partial charge is 0.361 e. The molecule has 3 aromatic rings. The van der Waals surface area contributed by atoms with Gasteiger partial charge in [-0.3, -0.25) is 4.79 Å². The van der Waals surface area contributed by atoms with Gasteiger partial charge in [0.05, 0.1) is 5.92 Å². The maximum atomic E-state index is 12.6. The predicted molar refractivity (Wildman–Crippen MR) is 93.9 cm³/mol. The Morgan fingerprint density at radius 1 is 1.25 bits per heavy atom. The highest BCUT2D eigenvalue weighted by atomic mass is 16.1. The molecular formula is C18H19N5O. The third kappa shape index (κ3) is 2.95. The van der Waals surface area contributed by atoms with E-state index >= 15 is 0 Å². The minimum atomic E-state index is -0.0538. The highest BCUT2D eigenvalue weighted by Crippen LogP contribution is 2.23. The first kappa shape index (κ1) is 14.7. The second-order valence-electron chi connectivity index (χ2n) is 6.10. The van der Waals surface area contributed by atoms with E-state index in [0.29, 0.717) is 12.5 Å². The number of benzene rings is 1. The Balaban J connectivity index is 1.45. The van der Waals surface area contributed by atoms with Gasteiger partial charge >= 0.3 is 0 Å². The fourth-order valence-electron chi connectivity index (χ4n) is 3.20. The summed E-state index contributed by atoms with van der Waals surface area (Å²) in [4.78, 5) is 26.5. The maximum absolute atomic E-state index is 12.6. The summed E-state index contributed by atoms with van der Waals surface area (Å²) in [6.45, 7) is 1.54. The lowest BCUT2D eigenvalue weighted by Crippen LogP contribution is -2.41. The number of carbonyl (C=O) groups excluding carboxylic acids is 1. The summed E-state index contributed by atoms with van der Waals surface area (Å²) >= 11 is 0. The van der Waals surface area contributed by atoms with Gasteiger partial charge in [-0.25, -0.2) is 9.97 Å². The zero-order valence-corrected chi connectivity index (χ0v) is 13.3. The van der Waals surface area contributed by atoms with Crippen LogP contribution in [0.5, 0.6) is 0 Å². The van der Waals surface area contributed by atoms with Crippen molar-refractivity contribution < 1.29 is 4.79 Å². The first-order chi connectivity index (χ1) is 11.8. The molecule has 1 amide bonds. The molecule has 0 aliphatic carbocycles. The standard InChI is InChI=1S/C18H19N5O/c24-17(22-15-5-4-13-6-9-19-16(13)11-15)14-3-1-10-23(12-14)18-20-7-2-8-21-18/h2,4-9,11,14,19H,1,3,10,12H2,(H,22,24). The number of amides is 1. The van der Waals surface area contributed by atoms with Gasteiger partial charge in [0.2, 0.25) is 11.9 Å². The number of piperidine rings is 1. The van der Waals surface area contributed by atoms with Crippen molar-refractivity contribution in [3.05, 3.63) is 48.9 Å². The average molecular weight is 321 g/mol. The number of hydrogen-bond acceptors (Lipinski definition) is 4. The fraction of sp³-hybridized carbons (Fsp3) is 0.278. The molecule has 1 unspecified atom stereocenters. The summed E-state index contributed by atoms with van der Waals surface area (Å²) in [7, 11) is 0. The summed E-state index contributed by atoms with van der Waals surface area (Å²) in [5.41, 5.74) is 1.85. The van der Waals surface area contributed by atoms with E-state index in [0.717, 1.165) is 36.0 Å². The van der Waals surface area contributed by atoms with Gasteiger partial charge in [0.1, 0.15) is 0 Å². The van der Waals surface area contributed by atoms with Crippen LogP contribution in [0.4, 0.5) is 11.6 Å². The summed E-state index contributed by atoms with van der Waals surface area (Å²) in [5, 5.41) is 4.18. The van der Waals surface area contributed by atoms with Gasteiger partial charge < -0.3 is 15.2 Å². The van der Waals surface area contributed by atoms with Crippen LogP contribution in [0, 0.1) is 5.92 Å². The van der Waals surface area contributed by atoms with Gasteiger partial charge in [-0.15, -0.1) is 0 Å². The van der Waals surface area contributed by atoms with E-state index in [9.17, 15) is 4.79 Å². The number of aromatic amines is 1. The molecule has 0 spiro atoms. The highest BCUT2D eigenvalue weighted by Gasteiger charge is 2.27. The summed E-state index contributed by atoms with van der Waals surface area (Å²) < 4.78 is 0. The number of hydrogen-bond donors (Lipinski definition) is 2. The minimum Gasteiger partial charge on any atom is -0.361 e. The number of H-pyrrole nitrogens is 1. The normalized spacial score (nSPS) is 17.8. The molecule has 4 rings (SSSR count). The Morgan fingerprint density at radius 3 is 3.00 bits per heavy atom. The minimum absolute atomic E-state index is 0.0538. The third-order valence-electron chi connectivity index (χ3n) is 4.45. The van der Waals surface area contributed by atoms with Crippen molar-refractivity contribution in [1.82, 2.24) is 15.0 Å². The number of nitrogens with zero attached hydrogens (tertiary/aromatic N) is 3. The number of fused-ring (bicyclic) bond motifs is 1. The molecule has 0 bridgehead atoms. The molecule has 1 aromatic carbocycles. The van der Waals surface area contributed by atoms with E-state index in [1.807, 2.05) is 30.5 Å². The molecule has 6 nitrogen and oxygen atoms in total. The lowest BCUT2D eigenvalue weighted by molar-refractivity contribution is -0.120. The van der Waals surface area contributed by atoms with Crippen LogP contribution >= 0.6 is 0 Å². The van der Waals surface area contributed by atoms with Crippen LogP contribution < -0.4 is 10.2 Å². The molecule has 0 radical (unpaired) electrons. The van der Waals surface area contributed by atoms with Gasteiger partial charge in [0.15, 0.2) is 0 Å². The van der Waals surface area contributed by atoms with Crippen LogP contribution in [-0.4, -0.2) is 33.9 Å². The Hall–Kier alpha value is -2.89. The summed E-state index contributed by atoms with van der Waals surface area (Å²) in [5.74, 6) is 0.700. The van der Waals surface area contributed by atoms with Crippen molar-refractivity contribution in [3.8, 4) is 0 Å². The molecule has 1 fully saturated rings. The molecule has 1 saturated heterocycles. The second kappa shape index (κ2) is 6.31. The zero-order chi connectivity index (χ0) is 16.4. The van der Waals surface area contributed by atoms with Crippen molar-refractivity contribution in [1.29, 1.82) is 0 Å². The van der Waals surface area contributed by atoms with Crippen LogP contribution in [0.1, 0.15) is 12.8 Å². The second-order valence-corrected chi connectivity index (χ2v) is 6.10. The van der Waals surface area contributed by atoms with E-state index in [2.05, 4.69) is 25.2 Å². The van der Waals surface area contributed by atoms with Gasteiger partial charge in [0, 0.05) is 42.9 Å². The van der Waals surface area contributed by atoms with Gasteiger partial charge in [-0.1, -0.05) is 6.07 Å². The Bertz CT molecular complexity index is 845. The number of nitrogens with one attached hydrogen (secondary N) is 2. The number of rotatable bonds is 3. The smallest absolute Gasteiger partial charge is 0.229 e. The molecule has 6 heteroatoms. The molecule has 1 aliphatic heterocycles. The lowest BCUT2D eigenvalue weighted by Gasteiger charge is -2.31. The van der Waals surface area contributed by atoms with Crippen LogP contribution in [0.15, 0.2) is 48.9 Å². The van der Waals surface area contributed by atoms with Crippen molar-refractivity contribution in [2.75, 3.05) is 23.3 Å². The van der Waals surface area contributed by atoms with Crippen LogP contribution in [0.2, 0.25) is 0 Å². The van der Waals surface area contributed by atoms with E-state index in [-0.39, 0.29) is 11.8 Å². The number of anilines is 2. The molecule has 2 N–H and O–H groups in total. The van der Waals surface area contributed by atoms with Gasteiger partial charge in [-0.2, -0.15) is 0 Å². The molecule has 1 aliphatic rings. The van der Waals surface area contributed by atoms with Crippen molar-refractivity contribution in [2.24, 2.45) is 5.92 Å². The van der Waals surface area contributed by atoms with Gasteiger partial charge in [-0.05, 0) is 42.5 Å². The van der Waals surface area contributed by atoms with Crippen molar-refractivity contribution >= 4 is 28.4 Å². The van der Waals surface area contributed by atoms with Crippen molar-refractivity contribution in [3.63, 3.8) is 0 Å². The number of aromatic nitrogens is 3. The molecule has 3 heterocycles. The SMILES string of the molecule is O=C(Nc1ccc2cc[nH]c2c1)C1CCCN(c2ncccn2)C1. The first-order valence-electron chi connectivity index (χ1n) is 8.19.